The summed E-state index contributed by atoms with van der Waals surface area (Å²) < 4.78 is 13.7. The van der Waals surface area contributed by atoms with Gasteiger partial charge in [0.25, 0.3) is 0 Å². The first kappa shape index (κ1) is 13.4. The van der Waals surface area contributed by atoms with Gasteiger partial charge in [-0.15, -0.1) is 0 Å². The highest BCUT2D eigenvalue weighted by atomic mass is 79.9. The van der Waals surface area contributed by atoms with Crippen LogP contribution in [-0.4, -0.2) is 0 Å². The molecule has 2 aromatic carbocycles. The second kappa shape index (κ2) is 5.72. The van der Waals surface area contributed by atoms with Crippen molar-refractivity contribution in [2.75, 3.05) is 5.32 Å². The first-order chi connectivity index (χ1) is 8.56. The molecule has 0 heterocycles. The topological polar surface area (TPSA) is 12.0 Å². The van der Waals surface area contributed by atoms with E-state index in [-0.39, 0.29) is 11.9 Å². The van der Waals surface area contributed by atoms with Crippen LogP contribution in [0.1, 0.15) is 18.5 Å². The molecular weight excluding hydrogens is 317 g/mol. The number of hydrogen-bond donors (Lipinski definition) is 1. The van der Waals surface area contributed by atoms with Crippen molar-refractivity contribution in [1.29, 1.82) is 0 Å². The van der Waals surface area contributed by atoms with Gasteiger partial charge in [0, 0.05) is 21.2 Å². The smallest absolute Gasteiger partial charge is 0.124 e. The first-order valence-electron chi connectivity index (χ1n) is 5.53. The van der Waals surface area contributed by atoms with Crippen LogP contribution in [0.2, 0.25) is 5.02 Å². The zero-order chi connectivity index (χ0) is 13.1. The predicted octanol–water partition coefficient (Wildman–Crippen LogP) is 5.41. The van der Waals surface area contributed by atoms with E-state index < -0.39 is 0 Å². The minimum Gasteiger partial charge on any atom is -0.378 e. The SMILES string of the molecule is CC(Nc1ccc(F)cc1Br)c1cccc(Cl)c1. The molecule has 0 saturated carbocycles. The molecule has 1 nitrogen and oxygen atoms in total. The zero-order valence-electron chi connectivity index (χ0n) is 9.75. The summed E-state index contributed by atoms with van der Waals surface area (Å²) in [6, 6.07) is 12.3. The minimum absolute atomic E-state index is 0.0884. The standard InChI is InChI=1S/C14H12BrClFN/c1-9(10-3-2-4-11(16)7-10)18-14-6-5-12(17)8-13(14)15/h2-9,18H,1H3. The van der Waals surface area contributed by atoms with Gasteiger partial charge in [-0.05, 0) is 58.7 Å². The van der Waals surface area contributed by atoms with Gasteiger partial charge in [-0.1, -0.05) is 23.7 Å². The Balaban J connectivity index is 2.18. The summed E-state index contributed by atoms with van der Waals surface area (Å²) in [5.74, 6) is -0.261. The highest BCUT2D eigenvalue weighted by Gasteiger charge is 2.08. The molecule has 0 spiro atoms. The maximum Gasteiger partial charge on any atom is 0.124 e. The minimum atomic E-state index is -0.261. The third kappa shape index (κ3) is 3.24. The number of benzene rings is 2. The molecule has 4 heteroatoms. The van der Waals surface area contributed by atoms with Crippen LogP contribution >= 0.6 is 27.5 Å². The summed E-state index contributed by atoms with van der Waals surface area (Å²) >= 11 is 9.29. The van der Waals surface area contributed by atoms with E-state index in [1.807, 2.05) is 31.2 Å². The van der Waals surface area contributed by atoms with Gasteiger partial charge in [-0.25, -0.2) is 4.39 Å². The Labute approximate surface area is 119 Å². The van der Waals surface area contributed by atoms with E-state index >= 15 is 0 Å². The Kier molecular flexibility index (Phi) is 4.25. The van der Waals surface area contributed by atoms with Crippen molar-refractivity contribution in [2.24, 2.45) is 0 Å². The number of rotatable bonds is 3. The van der Waals surface area contributed by atoms with E-state index in [2.05, 4.69) is 21.2 Å². The summed E-state index contributed by atoms with van der Waals surface area (Å²) in [7, 11) is 0. The maximum atomic E-state index is 13.0. The van der Waals surface area contributed by atoms with E-state index in [1.165, 1.54) is 12.1 Å². The summed E-state index contributed by atoms with van der Waals surface area (Å²) in [6.07, 6.45) is 0. The van der Waals surface area contributed by atoms with Gasteiger partial charge in [-0.2, -0.15) is 0 Å². The van der Waals surface area contributed by atoms with Crippen LogP contribution < -0.4 is 5.32 Å². The summed E-state index contributed by atoms with van der Waals surface area (Å²) in [5.41, 5.74) is 1.93. The van der Waals surface area contributed by atoms with Gasteiger partial charge < -0.3 is 5.32 Å². The summed E-state index contributed by atoms with van der Waals surface area (Å²) in [6.45, 7) is 2.03. The van der Waals surface area contributed by atoms with Crippen molar-refractivity contribution in [3.05, 3.63) is 63.3 Å². The normalized spacial score (nSPS) is 12.2. The largest absolute Gasteiger partial charge is 0.378 e. The molecule has 0 amide bonds. The lowest BCUT2D eigenvalue weighted by atomic mass is 10.1. The van der Waals surface area contributed by atoms with Crippen LogP contribution in [0.15, 0.2) is 46.9 Å². The van der Waals surface area contributed by atoms with Crippen LogP contribution in [0.4, 0.5) is 10.1 Å². The monoisotopic (exact) mass is 327 g/mol. The van der Waals surface area contributed by atoms with Crippen LogP contribution in [0.3, 0.4) is 0 Å². The molecule has 0 saturated heterocycles. The maximum absolute atomic E-state index is 13.0. The van der Waals surface area contributed by atoms with Crippen LogP contribution in [-0.2, 0) is 0 Å². The van der Waals surface area contributed by atoms with E-state index in [0.29, 0.717) is 9.50 Å². The lowest BCUT2D eigenvalue weighted by Crippen LogP contribution is -2.07. The number of halogens is 3. The molecule has 1 atom stereocenters. The van der Waals surface area contributed by atoms with Crippen molar-refractivity contribution in [1.82, 2.24) is 0 Å². The van der Waals surface area contributed by atoms with Crippen LogP contribution in [0, 0.1) is 5.82 Å². The molecule has 1 unspecified atom stereocenters. The molecule has 0 radical (unpaired) electrons. The van der Waals surface area contributed by atoms with E-state index in [4.69, 9.17) is 11.6 Å². The average Bonchev–Trinajstić information content (AvgIpc) is 2.32. The Morgan fingerprint density at radius 3 is 2.67 bits per heavy atom. The molecule has 2 aromatic rings. The fraction of sp³-hybridized carbons (Fsp3) is 0.143. The number of nitrogens with one attached hydrogen (secondary N) is 1. The van der Waals surface area contributed by atoms with Gasteiger partial charge in [0.2, 0.25) is 0 Å². The molecular formula is C14H12BrClFN. The molecule has 94 valence electrons. The lowest BCUT2D eigenvalue weighted by Gasteiger charge is -2.17. The average molecular weight is 329 g/mol. The highest BCUT2D eigenvalue weighted by Crippen LogP contribution is 2.27. The lowest BCUT2D eigenvalue weighted by molar-refractivity contribution is 0.627. The predicted molar refractivity (Wildman–Crippen MR) is 77.6 cm³/mol. The molecule has 0 aromatic heterocycles. The van der Waals surface area contributed by atoms with Gasteiger partial charge in [0.1, 0.15) is 5.82 Å². The van der Waals surface area contributed by atoms with Crippen molar-refractivity contribution in [3.63, 3.8) is 0 Å². The summed E-state index contributed by atoms with van der Waals surface area (Å²) in [4.78, 5) is 0. The van der Waals surface area contributed by atoms with Crippen molar-refractivity contribution in [3.8, 4) is 0 Å². The molecule has 0 aliphatic heterocycles. The van der Waals surface area contributed by atoms with E-state index in [9.17, 15) is 4.39 Å². The quantitative estimate of drug-likeness (QED) is 0.794. The van der Waals surface area contributed by atoms with Crippen molar-refractivity contribution in [2.45, 2.75) is 13.0 Å². The first-order valence-corrected chi connectivity index (χ1v) is 6.70. The number of hydrogen-bond acceptors (Lipinski definition) is 1. The van der Waals surface area contributed by atoms with Gasteiger partial charge >= 0.3 is 0 Å². The highest BCUT2D eigenvalue weighted by molar-refractivity contribution is 9.10. The molecule has 18 heavy (non-hydrogen) atoms. The van der Waals surface area contributed by atoms with Crippen molar-refractivity contribution >= 4 is 33.2 Å². The van der Waals surface area contributed by atoms with Gasteiger partial charge in [0.15, 0.2) is 0 Å². The second-order valence-corrected chi connectivity index (χ2v) is 5.34. The van der Waals surface area contributed by atoms with Crippen molar-refractivity contribution < 1.29 is 4.39 Å². The third-order valence-electron chi connectivity index (χ3n) is 2.65. The summed E-state index contributed by atoms with van der Waals surface area (Å²) in [5, 5.41) is 4.02. The third-order valence-corrected chi connectivity index (χ3v) is 3.54. The molecule has 1 N–H and O–H groups in total. The Morgan fingerprint density at radius 2 is 2.00 bits per heavy atom. The fourth-order valence-electron chi connectivity index (χ4n) is 1.70. The van der Waals surface area contributed by atoms with Gasteiger partial charge in [0.05, 0.1) is 0 Å². The molecule has 2 rings (SSSR count). The Hall–Kier alpha value is -1.06. The second-order valence-electron chi connectivity index (χ2n) is 4.05. The van der Waals surface area contributed by atoms with E-state index in [0.717, 1.165) is 11.3 Å². The number of anilines is 1. The Bertz CT molecular complexity index is 559. The zero-order valence-corrected chi connectivity index (χ0v) is 12.1. The Morgan fingerprint density at radius 1 is 1.22 bits per heavy atom. The molecule has 0 fully saturated rings. The molecule has 0 aliphatic carbocycles. The van der Waals surface area contributed by atoms with Crippen LogP contribution in [0.5, 0.6) is 0 Å². The molecule has 0 bridgehead atoms. The van der Waals surface area contributed by atoms with Crippen LogP contribution in [0.25, 0.3) is 0 Å². The van der Waals surface area contributed by atoms with E-state index in [1.54, 1.807) is 6.07 Å². The molecule has 0 aliphatic rings. The van der Waals surface area contributed by atoms with Gasteiger partial charge in [-0.3, -0.25) is 0 Å². The fourth-order valence-corrected chi connectivity index (χ4v) is 2.36.